The summed E-state index contributed by atoms with van der Waals surface area (Å²) < 4.78 is 5.42. The molecule has 0 amide bonds. The monoisotopic (exact) mass is 416 g/mol. The number of esters is 1. The number of unbranched alkanes of at least 4 members (excludes halogenated alkanes) is 10. The minimum absolute atomic E-state index is 0.0199. The third-order valence-electron chi connectivity index (χ3n) is 6.14. The Balaban J connectivity index is 2.33. The minimum Gasteiger partial charge on any atom is -0.466 e. The maximum atomic E-state index is 12.1. The van der Waals surface area contributed by atoms with E-state index >= 15 is 0 Å². The van der Waals surface area contributed by atoms with Crippen LogP contribution in [0.25, 0.3) is 0 Å². The summed E-state index contributed by atoms with van der Waals surface area (Å²) in [5, 5.41) is 0. The fourth-order valence-electron chi connectivity index (χ4n) is 4.30. The summed E-state index contributed by atoms with van der Waals surface area (Å²) in [6.45, 7) is 7.24. The van der Waals surface area contributed by atoms with E-state index in [0.29, 0.717) is 24.9 Å². The van der Waals surface area contributed by atoms with Crippen LogP contribution in [0.15, 0.2) is 30.3 Å². The highest BCUT2D eigenvalue weighted by molar-refractivity contribution is 5.69. The fraction of sp³-hybridized carbons (Fsp3) is 0.750. The third kappa shape index (κ3) is 13.8. The second-order valence-electron chi connectivity index (χ2n) is 9.20. The van der Waals surface area contributed by atoms with Crippen LogP contribution in [0.3, 0.4) is 0 Å². The van der Waals surface area contributed by atoms with Crippen LogP contribution in [0.5, 0.6) is 0 Å². The van der Waals surface area contributed by atoms with Gasteiger partial charge in [0.15, 0.2) is 0 Å². The molecule has 1 rings (SSSR count). The smallest absolute Gasteiger partial charge is 0.306 e. The molecule has 0 N–H and O–H groups in total. The van der Waals surface area contributed by atoms with Crippen LogP contribution in [-0.4, -0.2) is 12.6 Å². The molecule has 172 valence electrons. The van der Waals surface area contributed by atoms with Gasteiger partial charge in [-0.05, 0) is 36.7 Å². The van der Waals surface area contributed by atoms with Crippen LogP contribution in [0.1, 0.15) is 129 Å². The Morgan fingerprint density at radius 2 is 1.37 bits per heavy atom. The molecule has 0 radical (unpaired) electrons. The fourth-order valence-corrected chi connectivity index (χ4v) is 4.30. The molecule has 1 aromatic carbocycles. The Morgan fingerprint density at radius 1 is 0.800 bits per heavy atom. The van der Waals surface area contributed by atoms with E-state index in [1.54, 1.807) is 0 Å². The first-order valence-corrected chi connectivity index (χ1v) is 12.9. The molecule has 0 saturated heterocycles. The van der Waals surface area contributed by atoms with E-state index in [1.807, 2.05) is 0 Å². The van der Waals surface area contributed by atoms with Gasteiger partial charge < -0.3 is 4.74 Å². The molecule has 1 aromatic rings. The van der Waals surface area contributed by atoms with Gasteiger partial charge in [-0.15, -0.1) is 0 Å². The molecule has 0 aliphatic carbocycles. The van der Waals surface area contributed by atoms with Crippen LogP contribution in [0.4, 0.5) is 0 Å². The first kappa shape index (κ1) is 26.7. The zero-order valence-corrected chi connectivity index (χ0v) is 20.2. The minimum atomic E-state index is -0.0199. The van der Waals surface area contributed by atoms with Crippen LogP contribution >= 0.6 is 0 Å². The van der Waals surface area contributed by atoms with Crippen molar-refractivity contribution in [3.8, 4) is 0 Å². The average molecular weight is 417 g/mol. The van der Waals surface area contributed by atoms with E-state index in [9.17, 15) is 4.79 Å². The van der Waals surface area contributed by atoms with Crippen molar-refractivity contribution in [3.05, 3.63) is 35.9 Å². The van der Waals surface area contributed by atoms with Crippen molar-refractivity contribution in [2.45, 2.75) is 123 Å². The Morgan fingerprint density at radius 3 is 2.00 bits per heavy atom. The molecule has 2 nitrogen and oxygen atoms in total. The normalized spacial score (nSPS) is 13.2. The van der Waals surface area contributed by atoms with Crippen LogP contribution in [-0.2, 0) is 9.53 Å². The van der Waals surface area contributed by atoms with Gasteiger partial charge in [-0.1, -0.05) is 122 Å². The van der Waals surface area contributed by atoms with Gasteiger partial charge in [-0.2, -0.15) is 0 Å². The zero-order valence-electron chi connectivity index (χ0n) is 20.2. The van der Waals surface area contributed by atoms with Crippen LogP contribution in [0, 0.1) is 5.92 Å². The number of carbonyl (C=O) groups is 1. The summed E-state index contributed by atoms with van der Waals surface area (Å²) in [5.74, 6) is 0.902. The van der Waals surface area contributed by atoms with Gasteiger partial charge >= 0.3 is 5.97 Å². The lowest BCUT2D eigenvalue weighted by Gasteiger charge is -2.21. The highest BCUT2D eigenvalue weighted by Crippen LogP contribution is 2.30. The molecule has 0 aliphatic rings. The van der Waals surface area contributed by atoms with Gasteiger partial charge in [-0.3, -0.25) is 4.79 Å². The molecule has 2 atom stereocenters. The van der Waals surface area contributed by atoms with E-state index in [-0.39, 0.29) is 5.97 Å². The maximum absolute atomic E-state index is 12.1. The molecular weight excluding hydrogens is 368 g/mol. The lowest BCUT2D eigenvalue weighted by atomic mass is 9.84. The average Bonchev–Trinajstić information content (AvgIpc) is 2.75. The summed E-state index contributed by atoms with van der Waals surface area (Å²) in [5.41, 5.74) is 1.43. The topological polar surface area (TPSA) is 26.3 Å². The number of hydrogen-bond donors (Lipinski definition) is 0. The SMILES string of the molecule is CCCCCCCCCCCC(CC(C)CC(=O)OCCCCC)c1ccccc1. The van der Waals surface area contributed by atoms with Crippen molar-refractivity contribution >= 4 is 5.97 Å². The Kier molecular flexibility index (Phi) is 16.4. The van der Waals surface area contributed by atoms with Gasteiger partial charge in [0.1, 0.15) is 0 Å². The molecule has 0 saturated carbocycles. The van der Waals surface area contributed by atoms with Crippen molar-refractivity contribution in [2.75, 3.05) is 6.61 Å². The summed E-state index contributed by atoms with van der Waals surface area (Å²) in [6.07, 6.45) is 18.5. The van der Waals surface area contributed by atoms with Crippen LogP contribution in [0.2, 0.25) is 0 Å². The Labute approximate surface area is 187 Å². The van der Waals surface area contributed by atoms with Crippen molar-refractivity contribution in [2.24, 2.45) is 5.92 Å². The second kappa shape index (κ2) is 18.5. The van der Waals surface area contributed by atoms with E-state index < -0.39 is 0 Å². The maximum Gasteiger partial charge on any atom is 0.306 e. The molecule has 2 heteroatoms. The summed E-state index contributed by atoms with van der Waals surface area (Å²) >= 11 is 0. The van der Waals surface area contributed by atoms with Crippen molar-refractivity contribution in [3.63, 3.8) is 0 Å². The van der Waals surface area contributed by atoms with Gasteiger partial charge in [0.05, 0.1) is 6.61 Å². The first-order chi connectivity index (χ1) is 14.7. The lowest BCUT2D eigenvalue weighted by molar-refractivity contribution is -0.144. The number of rotatable bonds is 19. The summed E-state index contributed by atoms with van der Waals surface area (Å²) in [4.78, 5) is 12.1. The van der Waals surface area contributed by atoms with Gasteiger partial charge in [-0.25, -0.2) is 0 Å². The van der Waals surface area contributed by atoms with E-state index in [4.69, 9.17) is 4.74 Å². The lowest BCUT2D eigenvalue weighted by Crippen LogP contribution is -2.13. The Bertz CT molecular complexity index is 511. The molecule has 0 aliphatic heterocycles. The van der Waals surface area contributed by atoms with Gasteiger partial charge in [0.2, 0.25) is 0 Å². The van der Waals surface area contributed by atoms with Crippen molar-refractivity contribution in [1.82, 2.24) is 0 Å². The van der Waals surface area contributed by atoms with E-state index in [1.165, 1.54) is 69.8 Å². The zero-order chi connectivity index (χ0) is 21.9. The molecule has 0 bridgehead atoms. The summed E-state index contributed by atoms with van der Waals surface area (Å²) in [6, 6.07) is 10.9. The predicted molar refractivity (Wildman–Crippen MR) is 130 cm³/mol. The van der Waals surface area contributed by atoms with Crippen molar-refractivity contribution in [1.29, 1.82) is 0 Å². The third-order valence-corrected chi connectivity index (χ3v) is 6.14. The quantitative estimate of drug-likeness (QED) is 0.166. The molecule has 2 unspecified atom stereocenters. The summed E-state index contributed by atoms with van der Waals surface area (Å²) in [7, 11) is 0. The number of hydrogen-bond acceptors (Lipinski definition) is 2. The van der Waals surface area contributed by atoms with Crippen LogP contribution < -0.4 is 0 Å². The van der Waals surface area contributed by atoms with Crippen molar-refractivity contribution < 1.29 is 9.53 Å². The Hall–Kier alpha value is -1.31. The molecular formula is C28H48O2. The molecule has 30 heavy (non-hydrogen) atoms. The molecule has 0 aromatic heterocycles. The van der Waals surface area contributed by atoms with E-state index in [0.717, 1.165) is 25.7 Å². The predicted octanol–water partition coefficient (Wildman–Crippen LogP) is 8.84. The van der Waals surface area contributed by atoms with Gasteiger partial charge in [0, 0.05) is 6.42 Å². The molecule has 0 spiro atoms. The molecule has 0 fully saturated rings. The highest BCUT2D eigenvalue weighted by Gasteiger charge is 2.18. The largest absolute Gasteiger partial charge is 0.466 e. The number of benzene rings is 1. The molecule has 0 heterocycles. The van der Waals surface area contributed by atoms with E-state index in [2.05, 4.69) is 51.1 Å². The number of carbonyl (C=O) groups excluding carboxylic acids is 1. The number of ether oxygens (including phenoxy) is 1. The first-order valence-electron chi connectivity index (χ1n) is 12.9. The second-order valence-corrected chi connectivity index (χ2v) is 9.20. The standard InChI is InChI=1S/C28H48O2/c1-4-6-8-9-10-11-12-13-15-21-27(26-19-16-14-17-20-26)23-25(3)24-28(29)30-22-18-7-5-2/h14,16-17,19-20,25,27H,4-13,15,18,21-24H2,1-3H3. The van der Waals surface area contributed by atoms with Gasteiger partial charge in [0.25, 0.3) is 0 Å². The highest BCUT2D eigenvalue weighted by atomic mass is 16.5.